The summed E-state index contributed by atoms with van der Waals surface area (Å²) in [5.74, 6) is 0. The highest BCUT2D eigenvalue weighted by Crippen LogP contribution is 2.23. The van der Waals surface area contributed by atoms with Gasteiger partial charge in [-0.05, 0) is 48.4 Å². The highest BCUT2D eigenvalue weighted by Gasteiger charge is 2.13. The van der Waals surface area contributed by atoms with Gasteiger partial charge in [-0.3, -0.25) is 4.68 Å². The number of benzene rings is 1. The zero-order valence-corrected chi connectivity index (χ0v) is 14.1. The fourth-order valence-corrected chi connectivity index (χ4v) is 2.73. The van der Waals surface area contributed by atoms with Crippen molar-refractivity contribution < 1.29 is 5.11 Å². The fourth-order valence-electron chi connectivity index (χ4n) is 2.24. The molecule has 0 saturated carbocycles. The van der Waals surface area contributed by atoms with Crippen LogP contribution in [0.1, 0.15) is 23.8 Å². The van der Waals surface area contributed by atoms with E-state index in [1.54, 1.807) is 0 Å². The average molecular weight is 352 g/mol. The molecule has 0 fully saturated rings. The minimum atomic E-state index is -0.435. The Kier molecular flexibility index (Phi) is 5.96. The smallest absolute Gasteiger partial charge is 0.0793 e. The molecule has 5 heteroatoms. The number of hydrogen-bond donors (Lipinski definition) is 1. The molecule has 0 spiro atoms. The molecular weight excluding hydrogens is 330 g/mol. The Bertz CT molecular complexity index is 554. The summed E-state index contributed by atoms with van der Waals surface area (Å²) >= 11 is 3.55. The first-order valence-corrected chi connectivity index (χ1v) is 7.95. The van der Waals surface area contributed by atoms with Crippen LogP contribution in [-0.4, -0.2) is 40.4 Å². The van der Waals surface area contributed by atoms with Gasteiger partial charge in [0.15, 0.2) is 0 Å². The lowest BCUT2D eigenvalue weighted by atomic mass is 10.0. The quantitative estimate of drug-likeness (QED) is 0.833. The van der Waals surface area contributed by atoms with Crippen LogP contribution in [0.15, 0.2) is 41.0 Å². The second-order valence-electron chi connectivity index (χ2n) is 5.43. The molecule has 0 amide bonds. The molecule has 1 N–H and O–H groups in total. The van der Waals surface area contributed by atoms with Crippen LogP contribution in [0.25, 0.3) is 0 Å². The lowest BCUT2D eigenvalue weighted by Crippen LogP contribution is -2.20. The fraction of sp³-hybridized carbons (Fsp3) is 0.438. The van der Waals surface area contributed by atoms with E-state index < -0.39 is 6.10 Å². The Hall–Kier alpha value is -1.17. The summed E-state index contributed by atoms with van der Waals surface area (Å²) in [6.07, 6.45) is 2.88. The first-order chi connectivity index (χ1) is 10.1. The van der Waals surface area contributed by atoms with Gasteiger partial charge >= 0.3 is 0 Å². The van der Waals surface area contributed by atoms with Gasteiger partial charge in [0.25, 0.3) is 0 Å². The monoisotopic (exact) mass is 351 g/mol. The summed E-state index contributed by atoms with van der Waals surface area (Å²) < 4.78 is 3.03. The molecule has 1 aromatic carbocycles. The molecule has 21 heavy (non-hydrogen) atoms. The summed E-state index contributed by atoms with van der Waals surface area (Å²) in [6.45, 7) is 1.80. The van der Waals surface area contributed by atoms with Gasteiger partial charge in [-0.15, -0.1) is 0 Å². The van der Waals surface area contributed by atoms with Crippen molar-refractivity contribution in [3.05, 3.63) is 52.3 Å². The maximum absolute atomic E-state index is 10.3. The first kappa shape index (κ1) is 16.2. The minimum Gasteiger partial charge on any atom is -0.388 e. The molecule has 1 atom stereocenters. The maximum atomic E-state index is 10.3. The predicted molar refractivity (Wildman–Crippen MR) is 88.2 cm³/mol. The Morgan fingerprint density at radius 1 is 1.29 bits per heavy atom. The lowest BCUT2D eigenvalue weighted by Gasteiger charge is -2.14. The van der Waals surface area contributed by atoms with Crippen LogP contribution in [0.4, 0.5) is 0 Å². The van der Waals surface area contributed by atoms with Gasteiger partial charge in [-0.25, -0.2) is 0 Å². The molecule has 0 saturated heterocycles. The highest BCUT2D eigenvalue weighted by molar-refractivity contribution is 9.10. The Morgan fingerprint density at radius 3 is 2.67 bits per heavy atom. The molecule has 114 valence electrons. The van der Waals surface area contributed by atoms with Gasteiger partial charge in [-0.2, -0.15) is 5.10 Å². The van der Waals surface area contributed by atoms with Gasteiger partial charge in [0.2, 0.25) is 0 Å². The number of halogens is 1. The number of aliphatic hydroxyl groups excluding tert-OH is 1. The standard InChI is InChI=1S/C16H22BrN3O/c1-19(2)10-11-20-15(14(17)12-18-20)8-9-16(21)13-6-4-3-5-7-13/h3-7,12,16,21H,8-11H2,1-2H3. The van der Waals surface area contributed by atoms with E-state index in [9.17, 15) is 5.11 Å². The van der Waals surface area contributed by atoms with Crippen molar-refractivity contribution in [2.75, 3.05) is 20.6 Å². The van der Waals surface area contributed by atoms with E-state index in [1.807, 2.05) is 41.2 Å². The Labute approximate surface area is 134 Å². The number of likely N-dealkylation sites (N-methyl/N-ethyl adjacent to an activating group) is 1. The molecule has 2 aromatic rings. The van der Waals surface area contributed by atoms with E-state index in [0.717, 1.165) is 35.2 Å². The summed E-state index contributed by atoms with van der Waals surface area (Å²) in [7, 11) is 4.11. The topological polar surface area (TPSA) is 41.3 Å². The maximum Gasteiger partial charge on any atom is 0.0793 e. The number of aromatic nitrogens is 2. The normalized spacial score (nSPS) is 12.8. The summed E-state index contributed by atoms with van der Waals surface area (Å²) in [5, 5.41) is 14.7. The molecule has 0 aliphatic heterocycles. The van der Waals surface area contributed by atoms with Gasteiger partial charge in [-0.1, -0.05) is 30.3 Å². The van der Waals surface area contributed by atoms with E-state index in [2.05, 4.69) is 40.0 Å². The molecule has 0 radical (unpaired) electrons. The third-order valence-corrected chi connectivity index (χ3v) is 4.16. The van der Waals surface area contributed by atoms with Gasteiger partial charge in [0.05, 0.1) is 29.0 Å². The first-order valence-electron chi connectivity index (χ1n) is 7.16. The molecule has 2 rings (SSSR count). The molecule has 4 nitrogen and oxygen atoms in total. The SMILES string of the molecule is CN(C)CCn1ncc(Br)c1CCC(O)c1ccccc1. The third kappa shape index (κ3) is 4.66. The predicted octanol–water partition coefficient (Wildman–Crippen LogP) is 2.87. The van der Waals surface area contributed by atoms with E-state index in [1.165, 1.54) is 0 Å². The van der Waals surface area contributed by atoms with Crippen molar-refractivity contribution in [3.8, 4) is 0 Å². The second kappa shape index (κ2) is 7.73. The van der Waals surface area contributed by atoms with Crippen molar-refractivity contribution >= 4 is 15.9 Å². The van der Waals surface area contributed by atoms with Crippen LogP contribution >= 0.6 is 15.9 Å². The summed E-state index contributed by atoms with van der Waals surface area (Å²) in [5.41, 5.74) is 2.11. The molecule has 1 heterocycles. The summed E-state index contributed by atoms with van der Waals surface area (Å²) in [6, 6.07) is 9.79. The largest absolute Gasteiger partial charge is 0.388 e. The van der Waals surface area contributed by atoms with Crippen LogP contribution in [-0.2, 0) is 13.0 Å². The van der Waals surface area contributed by atoms with E-state index >= 15 is 0 Å². The van der Waals surface area contributed by atoms with Crippen LogP contribution < -0.4 is 0 Å². The molecule has 0 aliphatic carbocycles. The number of nitrogens with zero attached hydrogens (tertiary/aromatic N) is 3. The minimum absolute atomic E-state index is 0.435. The molecular formula is C16H22BrN3O. The Balaban J connectivity index is 1.98. The molecule has 1 unspecified atom stereocenters. The van der Waals surface area contributed by atoms with E-state index in [-0.39, 0.29) is 0 Å². The van der Waals surface area contributed by atoms with E-state index in [4.69, 9.17) is 0 Å². The van der Waals surface area contributed by atoms with Crippen molar-refractivity contribution in [2.45, 2.75) is 25.5 Å². The second-order valence-corrected chi connectivity index (χ2v) is 6.29. The third-order valence-electron chi connectivity index (χ3n) is 3.50. The van der Waals surface area contributed by atoms with Crippen LogP contribution in [0.5, 0.6) is 0 Å². The Morgan fingerprint density at radius 2 is 2.00 bits per heavy atom. The number of rotatable bonds is 7. The van der Waals surface area contributed by atoms with Crippen LogP contribution in [0.2, 0.25) is 0 Å². The van der Waals surface area contributed by atoms with Crippen molar-refractivity contribution in [3.63, 3.8) is 0 Å². The highest BCUT2D eigenvalue weighted by atomic mass is 79.9. The van der Waals surface area contributed by atoms with Crippen LogP contribution in [0, 0.1) is 0 Å². The van der Waals surface area contributed by atoms with Crippen molar-refractivity contribution in [1.29, 1.82) is 0 Å². The summed E-state index contributed by atoms with van der Waals surface area (Å²) in [4.78, 5) is 2.14. The van der Waals surface area contributed by atoms with Crippen LogP contribution in [0.3, 0.4) is 0 Å². The van der Waals surface area contributed by atoms with E-state index in [0.29, 0.717) is 6.42 Å². The number of hydrogen-bond acceptors (Lipinski definition) is 3. The zero-order valence-electron chi connectivity index (χ0n) is 12.5. The number of aliphatic hydroxyl groups is 1. The van der Waals surface area contributed by atoms with Crippen molar-refractivity contribution in [1.82, 2.24) is 14.7 Å². The molecule has 1 aromatic heterocycles. The van der Waals surface area contributed by atoms with Crippen molar-refractivity contribution in [2.24, 2.45) is 0 Å². The molecule has 0 aliphatic rings. The van der Waals surface area contributed by atoms with Gasteiger partial charge < -0.3 is 10.0 Å². The lowest BCUT2D eigenvalue weighted by molar-refractivity contribution is 0.167. The average Bonchev–Trinajstić information content (AvgIpc) is 2.84. The zero-order chi connectivity index (χ0) is 15.2. The molecule has 0 bridgehead atoms. The van der Waals surface area contributed by atoms with Gasteiger partial charge in [0, 0.05) is 6.54 Å². The van der Waals surface area contributed by atoms with Gasteiger partial charge in [0.1, 0.15) is 0 Å².